The van der Waals surface area contributed by atoms with Crippen LogP contribution < -0.4 is 5.73 Å². The van der Waals surface area contributed by atoms with Gasteiger partial charge in [0.15, 0.2) is 0 Å². The standard InChI is InChI=1S/C6H3Br2N2O2/c7-4-1-3(10(11)12)2-5(8)6(4)9/h1-2,9H. The summed E-state index contributed by atoms with van der Waals surface area (Å²) >= 11 is 6.09. The van der Waals surface area contributed by atoms with Crippen molar-refractivity contribution in [3.63, 3.8) is 0 Å². The fourth-order valence-corrected chi connectivity index (χ4v) is 1.83. The van der Waals surface area contributed by atoms with Crippen LogP contribution >= 0.6 is 31.9 Å². The first-order valence-corrected chi connectivity index (χ1v) is 4.46. The SMILES string of the molecule is [NH]c1c(Br)cc([N+](=O)[O-])cc1Br. The molecule has 0 amide bonds. The molecule has 0 fully saturated rings. The molecular formula is C6H3Br2N2O2. The number of hydrogen-bond acceptors (Lipinski definition) is 2. The highest BCUT2D eigenvalue weighted by Crippen LogP contribution is 2.33. The van der Waals surface area contributed by atoms with Crippen molar-refractivity contribution in [3.8, 4) is 0 Å². The lowest BCUT2D eigenvalue weighted by Gasteiger charge is -1.99. The molecule has 0 saturated carbocycles. The molecule has 0 aromatic heterocycles. The van der Waals surface area contributed by atoms with E-state index in [1.165, 1.54) is 12.1 Å². The van der Waals surface area contributed by atoms with Crippen LogP contribution in [-0.2, 0) is 0 Å². The summed E-state index contributed by atoms with van der Waals surface area (Å²) in [4.78, 5) is 9.81. The monoisotopic (exact) mass is 293 g/mol. The van der Waals surface area contributed by atoms with Crippen molar-refractivity contribution in [1.82, 2.24) is 5.73 Å². The van der Waals surface area contributed by atoms with Crippen molar-refractivity contribution in [2.75, 3.05) is 0 Å². The van der Waals surface area contributed by atoms with E-state index in [0.29, 0.717) is 8.95 Å². The van der Waals surface area contributed by atoms with Crippen LogP contribution in [0.3, 0.4) is 0 Å². The lowest BCUT2D eigenvalue weighted by atomic mass is 10.3. The number of rotatable bonds is 1. The quantitative estimate of drug-likeness (QED) is 0.590. The van der Waals surface area contributed by atoms with Gasteiger partial charge in [0.2, 0.25) is 0 Å². The zero-order valence-corrected chi connectivity index (χ0v) is 8.85. The topological polar surface area (TPSA) is 66.9 Å². The van der Waals surface area contributed by atoms with Crippen LogP contribution in [-0.4, -0.2) is 4.92 Å². The maximum Gasteiger partial charge on any atom is 0.271 e. The second kappa shape index (κ2) is 3.40. The van der Waals surface area contributed by atoms with E-state index in [1.807, 2.05) is 0 Å². The molecule has 0 aliphatic rings. The van der Waals surface area contributed by atoms with Gasteiger partial charge < -0.3 is 0 Å². The molecule has 0 bridgehead atoms. The maximum absolute atomic E-state index is 10.3. The van der Waals surface area contributed by atoms with E-state index in [1.54, 1.807) is 0 Å². The summed E-state index contributed by atoms with van der Waals surface area (Å²) in [5, 5.41) is 10.3. The van der Waals surface area contributed by atoms with Crippen molar-refractivity contribution in [1.29, 1.82) is 0 Å². The molecule has 1 radical (unpaired) electrons. The Hall–Kier alpha value is -0.620. The lowest BCUT2D eigenvalue weighted by molar-refractivity contribution is -0.385. The van der Waals surface area contributed by atoms with Gasteiger partial charge in [-0.2, -0.15) is 0 Å². The van der Waals surface area contributed by atoms with Gasteiger partial charge in [-0.1, -0.05) is 0 Å². The molecule has 0 aliphatic heterocycles. The van der Waals surface area contributed by atoms with Crippen molar-refractivity contribution in [3.05, 3.63) is 31.2 Å². The van der Waals surface area contributed by atoms with E-state index in [2.05, 4.69) is 31.9 Å². The third kappa shape index (κ3) is 1.75. The molecule has 63 valence electrons. The highest BCUT2D eigenvalue weighted by atomic mass is 79.9. The number of nitro benzene ring substituents is 1. The molecule has 1 aromatic carbocycles. The maximum atomic E-state index is 10.3. The Morgan fingerprint density at radius 2 is 1.75 bits per heavy atom. The minimum absolute atomic E-state index is 0.0373. The third-order valence-corrected chi connectivity index (χ3v) is 2.49. The molecule has 6 heteroatoms. The van der Waals surface area contributed by atoms with E-state index in [-0.39, 0.29) is 11.4 Å². The van der Waals surface area contributed by atoms with Gasteiger partial charge in [-0.05, 0) is 31.9 Å². The Bertz CT molecular complexity index is 317. The van der Waals surface area contributed by atoms with Crippen molar-refractivity contribution < 1.29 is 4.92 Å². The first kappa shape index (κ1) is 9.47. The molecular weight excluding hydrogens is 292 g/mol. The smallest absolute Gasteiger partial charge is 0.271 e. The zero-order valence-electron chi connectivity index (χ0n) is 5.67. The third-order valence-electron chi connectivity index (χ3n) is 1.24. The summed E-state index contributed by atoms with van der Waals surface area (Å²) in [7, 11) is 0. The number of nitro groups is 1. The number of non-ortho nitro benzene ring substituents is 1. The highest BCUT2D eigenvalue weighted by Gasteiger charge is 2.11. The second-order valence-corrected chi connectivity index (χ2v) is 3.75. The zero-order chi connectivity index (χ0) is 9.30. The number of hydrogen-bond donors (Lipinski definition) is 0. The first-order chi connectivity index (χ1) is 5.52. The van der Waals surface area contributed by atoms with E-state index < -0.39 is 4.92 Å². The van der Waals surface area contributed by atoms with Gasteiger partial charge >= 0.3 is 0 Å². The average molecular weight is 295 g/mol. The van der Waals surface area contributed by atoms with Crippen molar-refractivity contribution >= 4 is 43.2 Å². The minimum Gasteiger partial charge on any atom is -0.299 e. The van der Waals surface area contributed by atoms with E-state index in [0.717, 1.165) is 0 Å². The summed E-state index contributed by atoms with van der Waals surface area (Å²) in [6, 6.07) is 2.60. The fraction of sp³-hybridized carbons (Fsp3) is 0. The number of benzene rings is 1. The fourth-order valence-electron chi connectivity index (χ4n) is 0.665. The van der Waals surface area contributed by atoms with Crippen LogP contribution in [0.2, 0.25) is 0 Å². The Kier molecular flexibility index (Phi) is 2.69. The summed E-state index contributed by atoms with van der Waals surface area (Å²) in [6.07, 6.45) is 0. The second-order valence-electron chi connectivity index (χ2n) is 2.04. The summed E-state index contributed by atoms with van der Waals surface area (Å²) < 4.78 is 0.812. The Labute approximate surface area is 85.2 Å². The van der Waals surface area contributed by atoms with Gasteiger partial charge in [0.05, 0.1) is 19.6 Å². The lowest BCUT2D eigenvalue weighted by Crippen LogP contribution is -1.88. The molecule has 4 nitrogen and oxygen atoms in total. The van der Waals surface area contributed by atoms with Crippen molar-refractivity contribution in [2.45, 2.75) is 0 Å². The van der Waals surface area contributed by atoms with Crippen LogP contribution in [0, 0.1) is 10.1 Å². The Balaban J connectivity index is 3.31. The van der Waals surface area contributed by atoms with Crippen LogP contribution in [0.4, 0.5) is 11.4 Å². The van der Waals surface area contributed by atoms with Crippen LogP contribution in [0.15, 0.2) is 21.1 Å². The molecule has 12 heavy (non-hydrogen) atoms. The van der Waals surface area contributed by atoms with Gasteiger partial charge in [0, 0.05) is 12.1 Å². The van der Waals surface area contributed by atoms with Gasteiger partial charge in [0.1, 0.15) is 0 Å². The van der Waals surface area contributed by atoms with E-state index in [9.17, 15) is 10.1 Å². The van der Waals surface area contributed by atoms with E-state index >= 15 is 0 Å². The molecule has 0 heterocycles. The normalized spacial score (nSPS) is 9.83. The molecule has 1 rings (SSSR count). The highest BCUT2D eigenvalue weighted by molar-refractivity contribution is 9.11. The molecule has 0 saturated heterocycles. The Morgan fingerprint density at radius 3 is 2.08 bits per heavy atom. The molecule has 1 aromatic rings. The van der Waals surface area contributed by atoms with Crippen LogP contribution in [0.5, 0.6) is 0 Å². The Morgan fingerprint density at radius 1 is 1.33 bits per heavy atom. The summed E-state index contributed by atoms with van der Waals surface area (Å²) in [6.45, 7) is 0. The van der Waals surface area contributed by atoms with Gasteiger partial charge in [-0.25, -0.2) is 0 Å². The largest absolute Gasteiger partial charge is 0.299 e. The molecule has 0 unspecified atom stereocenters. The first-order valence-electron chi connectivity index (χ1n) is 2.87. The number of halogens is 2. The molecule has 0 aliphatic carbocycles. The molecule has 0 atom stereocenters. The van der Waals surface area contributed by atoms with Gasteiger partial charge in [0.25, 0.3) is 5.69 Å². The molecule has 0 spiro atoms. The number of nitrogens with one attached hydrogen (secondary N) is 1. The van der Waals surface area contributed by atoms with Crippen molar-refractivity contribution in [2.24, 2.45) is 0 Å². The number of nitrogens with zero attached hydrogens (tertiary/aromatic N) is 1. The summed E-state index contributed by atoms with van der Waals surface area (Å²) in [5.41, 5.74) is 7.54. The van der Waals surface area contributed by atoms with Crippen LogP contribution in [0.1, 0.15) is 0 Å². The predicted octanol–water partition coefficient (Wildman–Crippen LogP) is 3.03. The van der Waals surface area contributed by atoms with Gasteiger partial charge in [-0.3, -0.25) is 15.8 Å². The predicted molar refractivity (Wildman–Crippen MR) is 51.3 cm³/mol. The van der Waals surface area contributed by atoms with Gasteiger partial charge in [-0.15, -0.1) is 0 Å². The van der Waals surface area contributed by atoms with E-state index in [4.69, 9.17) is 5.73 Å². The minimum atomic E-state index is -0.505. The molecule has 1 N–H and O–H groups in total. The average Bonchev–Trinajstić information content (AvgIpc) is 1.99. The van der Waals surface area contributed by atoms with Crippen LogP contribution in [0.25, 0.3) is 0 Å². The summed E-state index contributed by atoms with van der Waals surface area (Å²) in [5.74, 6) is 0.